The number of amides is 2. The summed E-state index contributed by atoms with van der Waals surface area (Å²) in [6.07, 6.45) is 0.478. The minimum absolute atomic E-state index is 0.0158. The molecule has 2 aromatic heterocycles. The molecule has 0 fully saturated rings. The molecule has 3 N–H and O–H groups in total. The number of carbonyl (C=O) groups excluding carboxylic acids is 1. The summed E-state index contributed by atoms with van der Waals surface area (Å²) in [5.74, 6) is 0.654. The average molecular weight is 336 g/mol. The summed E-state index contributed by atoms with van der Waals surface area (Å²) >= 11 is 1.56. The van der Waals surface area contributed by atoms with Gasteiger partial charge in [0.2, 0.25) is 0 Å². The van der Waals surface area contributed by atoms with E-state index in [0.29, 0.717) is 12.2 Å². The molecule has 0 aliphatic heterocycles. The van der Waals surface area contributed by atoms with Crippen LogP contribution in [0.15, 0.2) is 23.6 Å². The molecule has 126 valence electrons. The van der Waals surface area contributed by atoms with Crippen LogP contribution in [-0.4, -0.2) is 27.5 Å². The number of aromatic nitrogens is 2. The molecule has 2 aromatic rings. The van der Waals surface area contributed by atoms with E-state index >= 15 is 0 Å². The van der Waals surface area contributed by atoms with Crippen LogP contribution < -0.4 is 10.6 Å². The number of aryl methyl sites for hydroxylation is 1. The summed E-state index contributed by atoms with van der Waals surface area (Å²) in [5.41, 5.74) is 0.621. The Kier molecular flexibility index (Phi) is 5.43. The van der Waals surface area contributed by atoms with E-state index in [1.165, 1.54) is 0 Å². The van der Waals surface area contributed by atoms with Crippen LogP contribution in [0.2, 0.25) is 0 Å². The number of anilines is 1. The topological polar surface area (TPSA) is 79.2 Å². The van der Waals surface area contributed by atoms with Crippen LogP contribution in [0.25, 0.3) is 0 Å². The van der Waals surface area contributed by atoms with Crippen LogP contribution in [0.5, 0.6) is 0 Å². The molecule has 0 aromatic carbocycles. The normalized spacial score (nSPS) is 12.9. The van der Waals surface area contributed by atoms with Gasteiger partial charge in [0.15, 0.2) is 0 Å². The van der Waals surface area contributed by atoms with Crippen LogP contribution in [-0.2, 0) is 5.54 Å². The van der Waals surface area contributed by atoms with Crippen molar-refractivity contribution in [3.8, 4) is 0 Å². The van der Waals surface area contributed by atoms with Crippen molar-refractivity contribution in [1.82, 2.24) is 15.1 Å². The number of rotatable bonds is 5. The van der Waals surface area contributed by atoms with Gasteiger partial charge >= 0.3 is 6.03 Å². The molecule has 1 atom stereocenters. The molecule has 2 heterocycles. The Labute approximate surface area is 140 Å². The molecule has 2 amide bonds. The average Bonchev–Trinajstić information content (AvgIpc) is 3.07. The zero-order valence-electron chi connectivity index (χ0n) is 14.0. The fourth-order valence-corrected chi connectivity index (χ4v) is 3.13. The highest BCUT2D eigenvalue weighted by molar-refractivity contribution is 7.10. The van der Waals surface area contributed by atoms with Gasteiger partial charge in [0.05, 0.1) is 17.3 Å². The van der Waals surface area contributed by atoms with E-state index in [4.69, 9.17) is 0 Å². The summed E-state index contributed by atoms with van der Waals surface area (Å²) in [4.78, 5) is 13.4. The largest absolute Gasteiger partial charge is 0.396 e. The van der Waals surface area contributed by atoms with Gasteiger partial charge in [-0.3, -0.25) is 5.32 Å². The van der Waals surface area contributed by atoms with Gasteiger partial charge in [0.1, 0.15) is 5.82 Å². The molecule has 23 heavy (non-hydrogen) atoms. The van der Waals surface area contributed by atoms with E-state index in [2.05, 4.69) is 15.7 Å². The molecule has 0 saturated heterocycles. The van der Waals surface area contributed by atoms with Gasteiger partial charge in [-0.15, -0.1) is 11.3 Å². The number of carbonyl (C=O) groups is 1. The Morgan fingerprint density at radius 2 is 2.22 bits per heavy atom. The SMILES string of the molecule is Cc1cc(NC(=O)NC(CCO)c2cccs2)n(C(C)(C)C)n1. The minimum Gasteiger partial charge on any atom is -0.396 e. The summed E-state index contributed by atoms with van der Waals surface area (Å²) in [7, 11) is 0. The second kappa shape index (κ2) is 7.14. The molecule has 1 unspecified atom stereocenters. The van der Waals surface area contributed by atoms with Gasteiger partial charge in [0.25, 0.3) is 0 Å². The number of aliphatic hydroxyl groups excluding tert-OH is 1. The van der Waals surface area contributed by atoms with Crippen molar-refractivity contribution >= 4 is 23.2 Å². The third-order valence-corrected chi connectivity index (χ3v) is 4.30. The highest BCUT2D eigenvalue weighted by Crippen LogP contribution is 2.23. The predicted molar refractivity (Wildman–Crippen MR) is 92.9 cm³/mol. The zero-order valence-corrected chi connectivity index (χ0v) is 14.8. The van der Waals surface area contributed by atoms with Gasteiger partial charge in [-0.1, -0.05) is 6.07 Å². The Morgan fingerprint density at radius 1 is 1.48 bits per heavy atom. The third-order valence-electron chi connectivity index (χ3n) is 3.32. The van der Waals surface area contributed by atoms with Crippen LogP contribution in [0, 0.1) is 6.92 Å². The Hall–Kier alpha value is -1.86. The first-order valence-electron chi connectivity index (χ1n) is 7.60. The van der Waals surface area contributed by atoms with Crippen LogP contribution in [0.1, 0.15) is 43.8 Å². The van der Waals surface area contributed by atoms with Gasteiger partial charge in [0, 0.05) is 17.6 Å². The molecule has 2 rings (SSSR count). The van der Waals surface area contributed by atoms with Crippen molar-refractivity contribution in [2.24, 2.45) is 0 Å². The second-order valence-electron chi connectivity index (χ2n) is 6.43. The molecule has 7 heteroatoms. The van der Waals surface area contributed by atoms with Crippen molar-refractivity contribution < 1.29 is 9.90 Å². The first kappa shape index (κ1) is 17.5. The number of thiophene rings is 1. The fourth-order valence-electron chi connectivity index (χ4n) is 2.31. The second-order valence-corrected chi connectivity index (χ2v) is 7.41. The summed E-state index contributed by atoms with van der Waals surface area (Å²) in [6, 6.07) is 5.22. The number of hydrogen-bond donors (Lipinski definition) is 3. The van der Waals surface area contributed by atoms with Gasteiger partial charge in [-0.25, -0.2) is 9.48 Å². The highest BCUT2D eigenvalue weighted by atomic mass is 32.1. The zero-order chi connectivity index (χ0) is 17.0. The van der Waals surface area contributed by atoms with Crippen molar-refractivity contribution in [1.29, 1.82) is 0 Å². The number of nitrogens with zero attached hydrogens (tertiary/aromatic N) is 2. The molecule has 0 bridgehead atoms. The van der Waals surface area contributed by atoms with E-state index < -0.39 is 0 Å². The molecular weight excluding hydrogens is 312 g/mol. The molecule has 6 nitrogen and oxygen atoms in total. The first-order chi connectivity index (χ1) is 10.8. The minimum atomic E-state index is -0.303. The van der Waals surface area contributed by atoms with Crippen molar-refractivity contribution in [2.75, 3.05) is 11.9 Å². The van der Waals surface area contributed by atoms with Crippen LogP contribution in [0.3, 0.4) is 0 Å². The molecule has 0 aliphatic rings. The molecule has 0 aliphatic carbocycles. The number of hydrogen-bond acceptors (Lipinski definition) is 4. The third kappa shape index (κ3) is 4.56. The lowest BCUT2D eigenvalue weighted by Crippen LogP contribution is -2.35. The van der Waals surface area contributed by atoms with Crippen LogP contribution in [0.4, 0.5) is 10.6 Å². The molecule has 0 saturated carbocycles. The van der Waals surface area contributed by atoms with Crippen molar-refractivity contribution in [3.05, 3.63) is 34.2 Å². The predicted octanol–water partition coefficient (Wildman–Crippen LogP) is 3.25. The number of aliphatic hydroxyl groups is 1. The van der Waals surface area contributed by atoms with E-state index in [1.807, 2.05) is 51.3 Å². The monoisotopic (exact) mass is 336 g/mol. The van der Waals surface area contributed by atoms with E-state index in [1.54, 1.807) is 16.0 Å². The highest BCUT2D eigenvalue weighted by Gasteiger charge is 2.21. The maximum Gasteiger partial charge on any atom is 0.320 e. The Balaban J connectivity index is 2.10. The van der Waals surface area contributed by atoms with Crippen molar-refractivity contribution in [3.63, 3.8) is 0 Å². The number of urea groups is 1. The van der Waals surface area contributed by atoms with E-state index in [-0.39, 0.29) is 24.2 Å². The Morgan fingerprint density at radius 3 is 2.78 bits per heavy atom. The standard InChI is InChI=1S/C16H24N4O2S/c1-11-10-14(20(19-11)16(2,3)4)18-15(22)17-12(7-8-21)13-6-5-9-23-13/h5-6,9-10,12,21H,7-8H2,1-4H3,(H2,17,18,22). The maximum atomic E-state index is 12.3. The lowest BCUT2D eigenvalue weighted by atomic mass is 10.1. The van der Waals surface area contributed by atoms with Crippen LogP contribution >= 0.6 is 11.3 Å². The molecular formula is C16H24N4O2S. The summed E-state index contributed by atoms with van der Waals surface area (Å²) < 4.78 is 1.80. The van der Waals surface area contributed by atoms with Gasteiger partial charge < -0.3 is 10.4 Å². The fraction of sp³-hybridized carbons (Fsp3) is 0.500. The maximum absolute atomic E-state index is 12.3. The van der Waals surface area contributed by atoms with Crippen molar-refractivity contribution in [2.45, 2.75) is 45.7 Å². The van der Waals surface area contributed by atoms with Gasteiger partial charge in [-0.05, 0) is 45.6 Å². The summed E-state index contributed by atoms with van der Waals surface area (Å²) in [6.45, 7) is 8.00. The molecule has 0 spiro atoms. The first-order valence-corrected chi connectivity index (χ1v) is 8.48. The van der Waals surface area contributed by atoms with E-state index in [0.717, 1.165) is 10.6 Å². The summed E-state index contributed by atoms with van der Waals surface area (Å²) in [5, 5.41) is 21.4. The lowest BCUT2D eigenvalue weighted by Gasteiger charge is -2.23. The Bertz CT molecular complexity index is 644. The van der Waals surface area contributed by atoms with Gasteiger partial charge in [-0.2, -0.15) is 5.10 Å². The lowest BCUT2D eigenvalue weighted by molar-refractivity contribution is 0.239. The quantitative estimate of drug-likeness (QED) is 0.784. The van der Waals surface area contributed by atoms with E-state index in [9.17, 15) is 9.90 Å². The number of nitrogens with one attached hydrogen (secondary N) is 2. The molecule has 0 radical (unpaired) electrons. The smallest absolute Gasteiger partial charge is 0.320 e.